The Morgan fingerprint density at radius 2 is 1.83 bits per heavy atom. The van der Waals surface area contributed by atoms with Crippen molar-refractivity contribution in [3.8, 4) is 29.0 Å². The molecule has 0 unspecified atom stereocenters. The molecule has 3 N–H and O–H groups in total. The van der Waals surface area contributed by atoms with Gasteiger partial charge in [-0.3, -0.25) is 4.79 Å². The van der Waals surface area contributed by atoms with Gasteiger partial charge in [0.15, 0.2) is 0 Å². The number of unbranched alkanes of at least 4 members (excludes halogenated alkanes) is 1. The zero-order valence-electron chi connectivity index (χ0n) is 12.7. The molecule has 0 saturated carbocycles. The summed E-state index contributed by atoms with van der Waals surface area (Å²) in [7, 11) is 0. The third kappa shape index (κ3) is 3.33. The van der Waals surface area contributed by atoms with Crippen LogP contribution in [0.25, 0.3) is 11.1 Å². The lowest BCUT2D eigenvalue weighted by Crippen LogP contribution is -2.16. The first-order chi connectivity index (χ1) is 11.1. The summed E-state index contributed by atoms with van der Waals surface area (Å²) in [5, 5.41) is 18.5. The molecule has 1 heterocycles. The van der Waals surface area contributed by atoms with E-state index in [1.165, 1.54) is 0 Å². The summed E-state index contributed by atoms with van der Waals surface area (Å²) in [6.07, 6.45) is 2.00. The van der Waals surface area contributed by atoms with Crippen LogP contribution in [0.1, 0.15) is 30.9 Å². The fourth-order valence-corrected chi connectivity index (χ4v) is 2.18. The highest BCUT2D eigenvalue weighted by Crippen LogP contribution is 2.29. The van der Waals surface area contributed by atoms with Gasteiger partial charge in [0.1, 0.15) is 34.8 Å². The van der Waals surface area contributed by atoms with Gasteiger partial charge in [-0.05, 0) is 24.1 Å². The summed E-state index contributed by atoms with van der Waals surface area (Å²) in [6, 6.07) is 10.7. The molecule has 1 aromatic heterocycles. The number of hydrogen-bond donors (Lipinski definition) is 2. The van der Waals surface area contributed by atoms with Crippen LogP contribution in [0.15, 0.2) is 29.1 Å². The average molecular weight is 308 g/mol. The van der Waals surface area contributed by atoms with Crippen molar-refractivity contribution in [3.63, 3.8) is 0 Å². The second-order valence-electron chi connectivity index (χ2n) is 4.94. The number of nitrogens with zero attached hydrogens (tertiary/aromatic N) is 2. The monoisotopic (exact) mass is 308 g/mol. The molecule has 6 heteroatoms. The molecule has 0 aliphatic rings. The van der Waals surface area contributed by atoms with Crippen LogP contribution in [0.3, 0.4) is 0 Å². The van der Waals surface area contributed by atoms with Gasteiger partial charge in [-0.1, -0.05) is 25.5 Å². The quantitative estimate of drug-likeness (QED) is 0.823. The van der Waals surface area contributed by atoms with Crippen molar-refractivity contribution in [3.05, 3.63) is 45.7 Å². The molecule has 0 saturated heterocycles. The van der Waals surface area contributed by atoms with Crippen molar-refractivity contribution < 1.29 is 4.74 Å². The number of anilines is 1. The molecule has 1 aromatic carbocycles. The van der Waals surface area contributed by atoms with Crippen LogP contribution in [0, 0.1) is 22.7 Å². The van der Waals surface area contributed by atoms with Gasteiger partial charge in [0.25, 0.3) is 5.56 Å². The number of aromatic amines is 1. The number of hydrogen-bond acceptors (Lipinski definition) is 5. The van der Waals surface area contributed by atoms with E-state index in [1.807, 2.05) is 12.1 Å². The lowest BCUT2D eigenvalue weighted by atomic mass is 9.96. The number of rotatable bonds is 5. The number of H-pyrrole nitrogens is 1. The molecule has 0 spiro atoms. The Morgan fingerprint density at radius 1 is 1.17 bits per heavy atom. The molecule has 0 bridgehead atoms. The second-order valence-corrected chi connectivity index (χ2v) is 4.94. The van der Waals surface area contributed by atoms with E-state index in [2.05, 4.69) is 11.9 Å². The smallest absolute Gasteiger partial charge is 0.268 e. The number of nitriles is 2. The van der Waals surface area contributed by atoms with E-state index in [1.54, 1.807) is 24.3 Å². The highest BCUT2D eigenvalue weighted by Gasteiger charge is 2.17. The third-order valence-corrected chi connectivity index (χ3v) is 3.38. The third-order valence-electron chi connectivity index (χ3n) is 3.38. The Morgan fingerprint density at radius 3 is 2.39 bits per heavy atom. The maximum absolute atomic E-state index is 11.9. The minimum Gasteiger partial charge on any atom is -0.494 e. The van der Waals surface area contributed by atoms with Crippen LogP contribution >= 0.6 is 0 Å². The SMILES string of the molecule is CCCCOc1ccc(-c2c(C#N)c(N)[nH]c(=O)c2C#N)cc1. The van der Waals surface area contributed by atoms with Gasteiger partial charge in [-0.2, -0.15) is 10.5 Å². The van der Waals surface area contributed by atoms with E-state index in [0.29, 0.717) is 17.9 Å². The van der Waals surface area contributed by atoms with E-state index < -0.39 is 5.56 Å². The molecule has 0 fully saturated rings. The van der Waals surface area contributed by atoms with Crippen molar-refractivity contribution in [1.29, 1.82) is 10.5 Å². The Hall–Kier alpha value is -3.25. The number of nitrogens with one attached hydrogen (secondary N) is 1. The Labute approximate surface area is 133 Å². The number of ether oxygens (including phenoxy) is 1. The topological polar surface area (TPSA) is 116 Å². The molecule has 0 radical (unpaired) electrons. The first-order valence-corrected chi connectivity index (χ1v) is 7.21. The molecule has 2 rings (SSSR count). The van der Waals surface area contributed by atoms with Crippen LogP contribution in [0.4, 0.5) is 5.82 Å². The van der Waals surface area contributed by atoms with Gasteiger partial charge in [0, 0.05) is 5.56 Å². The molecule has 0 amide bonds. The fraction of sp³-hybridized carbons (Fsp3) is 0.235. The first kappa shape index (κ1) is 16.1. The molecule has 0 atom stereocenters. The largest absolute Gasteiger partial charge is 0.494 e. The fourth-order valence-electron chi connectivity index (χ4n) is 2.18. The maximum atomic E-state index is 11.9. The van der Waals surface area contributed by atoms with Crippen LogP contribution in [-0.2, 0) is 0 Å². The van der Waals surface area contributed by atoms with Crippen molar-refractivity contribution in [2.24, 2.45) is 0 Å². The molecular formula is C17H16N4O2. The van der Waals surface area contributed by atoms with Gasteiger partial charge < -0.3 is 15.5 Å². The standard InChI is InChI=1S/C17H16N4O2/c1-2-3-8-23-12-6-4-11(5-7-12)15-13(9-18)16(20)21-17(22)14(15)10-19/h4-7H,2-3,8H2,1H3,(H3,20,21,22). The van der Waals surface area contributed by atoms with E-state index >= 15 is 0 Å². The van der Waals surface area contributed by atoms with Gasteiger partial charge in [-0.25, -0.2) is 0 Å². The number of pyridine rings is 1. The van der Waals surface area contributed by atoms with Crippen molar-refractivity contribution in [2.75, 3.05) is 12.3 Å². The number of benzene rings is 1. The van der Waals surface area contributed by atoms with Crippen molar-refractivity contribution in [2.45, 2.75) is 19.8 Å². The number of aromatic nitrogens is 1. The van der Waals surface area contributed by atoms with Crippen LogP contribution in [-0.4, -0.2) is 11.6 Å². The van der Waals surface area contributed by atoms with Gasteiger partial charge in [0.05, 0.1) is 6.61 Å². The summed E-state index contributed by atoms with van der Waals surface area (Å²) >= 11 is 0. The Bertz CT molecular complexity index is 839. The zero-order chi connectivity index (χ0) is 16.8. The van der Waals surface area contributed by atoms with Crippen molar-refractivity contribution >= 4 is 5.82 Å². The molecule has 2 aromatic rings. The van der Waals surface area contributed by atoms with Crippen molar-refractivity contribution in [1.82, 2.24) is 4.98 Å². The minimum absolute atomic E-state index is 0.0465. The molecule has 0 aliphatic heterocycles. The van der Waals surface area contributed by atoms with Gasteiger partial charge in [0.2, 0.25) is 0 Å². The van der Waals surface area contributed by atoms with E-state index in [0.717, 1.165) is 12.8 Å². The van der Waals surface area contributed by atoms with E-state index in [4.69, 9.17) is 10.5 Å². The highest BCUT2D eigenvalue weighted by atomic mass is 16.5. The number of nitrogen functional groups attached to an aromatic ring is 1. The molecular weight excluding hydrogens is 292 g/mol. The lowest BCUT2D eigenvalue weighted by molar-refractivity contribution is 0.309. The molecule has 0 aliphatic carbocycles. The first-order valence-electron chi connectivity index (χ1n) is 7.21. The van der Waals surface area contributed by atoms with Crippen LogP contribution < -0.4 is 16.0 Å². The van der Waals surface area contributed by atoms with E-state index in [9.17, 15) is 15.3 Å². The predicted molar refractivity (Wildman–Crippen MR) is 86.7 cm³/mol. The second kappa shape index (κ2) is 7.15. The summed E-state index contributed by atoms with van der Waals surface area (Å²) in [5.74, 6) is 0.645. The molecule has 6 nitrogen and oxygen atoms in total. The van der Waals surface area contributed by atoms with E-state index in [-0.39, 0.29) is 22.5 Å². The van der Waals surface area contributed by atoms with Gasteiger partial charge in [-0.15, -0.1) is 0 Å². The summed E-state index contributed by atoms with van der Waals surface area (Å²) in [4.78, 5) is 14.2. The molecule has 23 heavy (non-hydrogen) atoms. The van der Waals surface area contributed by atoms with Crippen LogP contribution in [0.5, 0.6) is 5.75 Å². The lowest BCUT2D eigenvalue weighted by Gasteiger charge is -2.10. The molecule has 116 valence electrons. The summed E-state index contributed by atoms with van der Waals surface area (Å²) < 4.78 is 5.58. The zero-order valence-corrected chi connectivity index (χ0v) is 12.7. The Balaban J connectivity index is 2.48. The van der Waals surface area contributed by atoms with Crippen LogP contribution in [0.2, 0.25) is 0 Å². The summed E-state index contributed by atoms with van der Waals surface area (Å²) in [6.45, 7) is 2.71. The average Bonchev–Trinajstić information content (AvgIpc) is 2.55. The highest BCUT2D eigenvalue weighted by molar-refractivity contribution is 5.80. The number of nitrogens with two attached hydrogens (primary N) is 1. The van der Waals surface area contributed by atoms with Gasteiger partial charge >= 0.3 is 0 Å². The minimum atomic E-state index is -0.609. The normalized spacial score (nSPS) is 9.87. The summed E-state index contributed by atoms with van der Waals surface area (Å²) in [5.41, 5.74) is 5.85. The predicted octanol–water partition coefficient (Wildman–Crippen LogP) is 2.55. The maximum Gasteiger partial charge on any atom is 0.268 e. The Kier molecular flexibility index (Phi) is 5.01.